The maximum Gasteiger partial charge on any atom is 0.256 e. The summed E-state index contributed by atoms with van der Waals surface area (Å²) in [6.07, 6.45) is 5.70. The molecule has 0 saturated carbocycles. The van der Waals surface area contributed by atoms with Gasteiger partial charge in [-0.25, -0.2) is 4.98 Å². The highest BCUT2D eigenvalue weighted by molar-refractivity contribution is 5.99. The zero-order chi connectivity index (χ0) is 13.7. The van der Waals surface area contributed by atoms with Crippen molar-refractivity contribution in [2.75, 3.05) is 13.7 Å². The van der Waals surface area contributed by atoms with Crippen LogP contribution in [0.5, 0.6) is 5.75 Å². The van der Waals surface area contributed by atoms with Crippen molar-refractivity contribution in [1.29, 1.82) is 0 Å². The number of carbonyl (C=O) groups is 1. The van der Waals surface area contributed by atoms with Gasteiger partial charge in [0.25, 0.3) is 5.91 Å². The predicted molar refractivity (Wildman–Crippen MR) is 73.1 cm³/mol. The fraction of sp³-hybridized carbons (Fsp3) is 0.333. The van der Waals surface area contributed by atoms with Crippen LogP contribution >= 0.6 is 0 Å². The molecule has 0 unspecified atom stereocenters. The molecule has 4 rings (SSSR count). The Labute approximate surface area is 116 Å². The van der Waals surface area contributed by atoms with Gasteiger partial charge in [-0.2, -0.15) is 0 Å². The van der Waals surface area contributed by atoms with Crippen LogP contribution in [0.25, 0.3) is 5.69 Å². The lowest BCUT2D eigenvalue weighted by Gasteiger charge is -2.21. The number of fused-ring (bicyclic) bond motifs is 5. The predicted octanol–water partition coefficient (Wildman–Crippen LogP) is 2.17. The Morgan fingerprint density at radius 1 is 1.40 bits per heavy atom. The summed E-state index contributed by atoms with van der Waals surface area (Å²) in [5, 5.41) is 0. The van der Waals surface area contributed by atoms with E-state index < -0.39 is 0 Å². The minimum Gasteiger partial charge on any atom is -0.497 e. The molecule has 0 aliphatic carbocycles. The zero-order valence-electron chi connectivity index (χ0n) is 11.2. The summed E-state index contributed by atoms with van der Waals surface area (Å²) in [5.41, 5.74) is 2.67. The molecule has 1 aromatic heterocycles. The number of hydrogen-bond donors (Lipinski definition) is 0. The molecule has 0 radical (unpaired) electrons. The minimum absolute atomic E-state index is 0.0881. The molecule has 1 aromatic carbocycles. The van der Waals surface area contributed by atoms with Crippen LogP contribution in [0.15, 0.2) is 30.7 Å². The quantitative estimate of drug-likeness (QED) is 0.797. The third-order valence-electron chi connectivity index (χ3n) is 4.22. The minimum atomic E-state index is 0.0881. The van der Waals surface area contributed by atoms with Gasteiger partial charge in [0, 0.05) is 6.54 Å². The molecular weight excluding hydrogens is 254 g/mol. The topological polar surface area (TPSA) is 47.4 Å². The fourth-order valence-electron chi connectivity index (χ4n) is 3.25. The maximum absolute atomic E-state index is 12.8. The van der Waals surface area contributed by atoms with Crippen LogP contribution in [-0.4, -0.2) is 34.0 Å². The van der Waals surface area contributed by atoms with Gasteiger partial charge in [0.05, 0.1) is 42.6 Å². The van der Waals surface area contributed by atoms with Crippen LogP contribution in [0.2, 0.25) is 0 Å². The van der Waals surface area contributed by atoms with Crippen molar-refractivity contribution in [1.82, 2.24) is 14.5 Å². The highest BCUT2D eigenvalue weighted by atomic mass is 16.5. The first-order valence-corrected chi connectivity index (χ1v) is 6.81. The Bertz CT molecular complexity index is 692. The summed E-state index contributed by atoms with van der Waals surface area (Å²) in [6, 6.07) is 5.77. The number of methoxy groups -OCH3 is 1. The molecule has 5 heteroatoms. The lowest BCUT2D eigenvalue weighted by atomic mass is 10.1. The summed E-state index contributed by atoms with van der Waals surface area (Å²) in [6.45, 7) is 0.811. The van der Waals surface area contributed by atoms with E-state index in [0.29, 0.717) is 11.3 Å². The summed E-state index contributed by atoms with van der Waals surface area (Å²) in [7, 11) is 1.62. The van der Waals surface area contributed by atoms with Crippen LogP contribution in [0.1, 0.15) is 34.9 Å². The molecule has 1 saturated heterocycles. The van der Waals surface area contributed by atoms with Crippen molar-refractivity contribution in [2.45, 2.75) is 18.9 Å². The highest BCUT2D eigenvalue weighted by Gasteiger charge is 2.36. The van der Waals surface area contributed by atoms with E-state index >= 15 is 0 Å². The molecule has 2 aliphatic heterocycles. The summed E-state index contributed by atoms with van der Waals surface area (Å²) in [4.78, 5) is 19.0. The van der Waals surface area contributed by atoms with E-state index in [-0.39, 0.29) is 11.9 Å². The Morgan fingerprint density at radius 2 is 2.30 bits per heavy atom. The van der Waals surface area contributed by atoms with Crippen molar-refractivity contribution in [3.63, 3.8) is 0 Å². The van der Waals surface area contributed by atoms with Gasteiger partial charge < -0.3 is 14.2 Å². The molecule has 1 amide bonds. The Balaban J connectivity index is 1.99. The molecule has 0 N–H and O–H groups in total. The molecule has 5 nitrogen and oxygen atoms in total. The van der Waals surface area contributed by atoms with Gasteiger partial charge in [0.15, 0.2) is 0 Å². The first-order valence-electron chi connectivity index (χ1n) is 6.81. The zero-order valence-corrected chi connectivity index (χ0v) is 11.2. The van der Waals surface area contributed by atoms with Crippen molar-refractivity contribution in [2.24, 2.45) is 0 Å². The van der Waals surface area contributed by atoms with E-state index in [1.54, 1.807) is 13.4 Å². The van der Waals surface area contributed by atoms with E-state index in [0.717, 1.165) is 30.8 Å². The molecule has 20 heavy (non-hydrogen) atoms. The first-order chi connectivity index (χ1) is 9.79. The highest BCUT2D eigenvalue weighted by Crippen LogP contribution is 2.38. The number of rotatable bonds is 1. The normalized spacial score (nSPS) is 20.1. The number of hydrogen-bond acceptors (Lipinski definition) is 3. The van der Waals surface area contributed by atoms with E-state index in [4.69, 9.17) is 4.74 Å². The maximum atomic E-state index is 12.8. The van der Waals surface area contributed by atoms with E-state index in [9.17, 15) is 4.79 Å². The number of aromatic nitrogens is 2. The molecule has 102 valence electrons. The first kappa shape index (κ1) is 11.5. The molecule has 3 heterocycles. The third kappa shape index (κ3) is 1.43. The number of ether oxygens (including phenoxy) is 1. The van der Waals surface area contributed by atoms with Crippen molar-refractivity contribution in [3.8, 4) is 11.4 Å². The molecule has 1 atom stereocenters. The van der Waals surface area contributed by atoms with Crippen LogP contribution in [0.4, 0.5) is 0 Å². The lowest BCUT2D eigenvalue weighted by molar-refractivity contribution is 0.0738. The molecule has 0 bridgehead atoms. The Morgan fingerprint density at radius 3 is 3.15 bits per heavy atom. The van der Waals surface area contributed by atoms with Crippen LogP contribution in [-0.2, 0) is 0 Å². The van der Waals surface area contributed by atoms with Gasteiger partial charge in [-0.15, -0.1) is 0 Å². The van der Waals surface area contributed by atoms with Crippen LogP contribution in [0.3, 0.4) is 0 Å². The van der Waals surface area contributed by atoms with Crippen molar-refractivity contribution in [3.05, 3.63) is 42.0 Å². The lowest BCUT2D eigenvalue weighted by Crippen LogP contribution is -2.29. The molecule has 0 spiro atoms. The largest absolute Gasteiger partial charge is 0.497 e. The van der Waals surface area contributed by atoms with Crippen LogP contribution < -0.4 is 4.74 Å². The molecular formula is C15H15N3O2. The van der Waals surface area contributed by atoms with E-state index in [1.165, 1.54) is 0 Å². The smallest absolute Gasteiger partial charge is 0.256 e. The summed E-state index contributed by atoms with van der Waals surface area (Å²) < 4.78 is 7.29. The van der Waals surface area contributed by atoms with Gasteiger partial charge in [0.1, 0.15) is 5.75 Å². The van der Waals surface area contributed by atoms with Gasteiger partial charge >= 0.3 is 0 Å². The number of imidazole rings is 1. The summed E-state index contributed by atoms with van der Waals surface area (Å²) >= 11 is 0. The van der Waals surface area contributed by atoms with Gasteiger partial charge in [-0.3, -0.25) is 4.79 Å². The van der Waals surface area contributed by atoms with E-state index in [2.05, 4.69) is 4.98 Å². The number of amides is 1. The Hall–Kier alpha value is -2.30. The number of nitrogens with zero attached hydrogens (tertiary/aromatic N) is 3. The standard InChI is InChI=1S/C15H15N3O2/c1-20-10-4-5-12-11(7-10)15(19)17-6-2-3-13(17)14-8-16-9-18(12)14/h4-5,7-9,13H,2-3,6H2,1H3/t13-/m0/s1. The SMILES string of the molecule is COc1ccc2c(c1)C(=O)N1CCC[C@H]1c1cncn1-2. The van der Waals surface area contributed by atoms with Crippen LogP contribution in [0, 0.1) is 0 Å². The molecule has 2 aliphatic rings. The second kappa shape index (κ2) is 4.10. The third-order valence-corrected chi connectivity index (χ3v) is 4.22. The average molecular weight is 269 g/mol. The average Bonchev–Trinajstić information content (AvgIpc) is 3.12. The van der Waals surface area contributed by atoms with Crippen molar-refractivity contribution < 1.29 is 9.53 Å². The number of carbonyl (C=O) groups excluding carboxylic acids is 1. The van der Waals surface area contributed by atoms with Gasteiger partial charge in [-0.05, 0) is 31.0 Å². The second-order valence-corrected chi connectivity index (χ2v) is 5.23. The number of benzene rings is 1. The second-order valence-electron chi connectivity index (χ2n) is 5.23. The Kier molecular flexibility index (Phi) is 2.36. The fourth-order valence-corrected chi connectivity index (χ4v) is 3.25. The van der Waals surface area contributed by atoms with Gasteiger partial charge in [-0.1, -0.05) is 0 Å². The summed E-state index contributed by atoms with van der Waals surface area (Å²) in [5.74, 6) is 0.793. The van der Waals surface area contributed by atoms with Gasteiger partial charge in [0.2, 0.25) is 0 Å². The monoisotopic (exact) mass is 269 g/mol. The molecule has 1 fully saturated rings. The van der Waals surface area contributed by atoms with Crippen molar-refractivity contribution >= 4 is 5.91 Å². The molecule has 2 aromatic rings. The van der Waals surface area contributed by atoms with E-state index in [1.807, 2.05) is 33.9 Å².